The zero-order valence-corrected chi connectivity index (χ0v) is 13.3. The van der Waals surface area contributed by atoms with Crippen molar-refractivity contribution in [3.8, 4) is 0 Å². The van der Waals surface area contributed by atoms with Crippen molar-refractivity contribution < 1.29 is 13.2 Å². The van der Waals surface area contributed by atoms with Gasteiger partial charge in [0, 0.05) is 39.0 Å². The van der Waals surface area contributed by atoms with Gasteiger partial charge in [-0.25, -0.2) is 8.42 Å². The summed E-state index contributed by atoms with van der Waals surface area (Å²) in [5, 5.41) is 0. The molecule has 1 heterocycles. The second-order valence-electron chi connectivity index (χ2n) is 5.74. The molecule has 6 heteroatoms. The minimum Gasteiger partial charge on any atom is -0.341 e. The SMILES string of the molecule is CN(C(=O)CS(C)(=O)=O)C1CCN(Cc2ccccc2)C1. The van der Waals surface area contributed by atoms with E-state index in [-0.39, 0.29) is 11.9 Å². The Morgan fingerprint density at radius 1 is 1.33 bits per heavy atom. The largest absolute Gasteiger partial charge is 0.341 e. The predicted octanol–water partition coefficient (Wildman–Crippen LogP) is 0.764. The van der Waals surface area contributed by atoms with Gasteiger partial charge in [-0.1, -0.05) is 30.3 Å². The summed E-state index contributed by atoms with van der Waals surface area (Å²) in [5.74, 6) is -0.720. The molecule has 1 saturated heterocycles. The second kappa shape index (κ2) is 6.58. The van der Waals surface area contributed by atoms with Crippen molar-refractivity contribution in [3.63, 3.8) is 0 Å². The zero-order chi connectivity index (χ0) is 15.5. The van der Waals surface area contributed by atoms with E-state index in [2.05, 4.69) is 17.0 Å². The van der Waals surface area contributed by atoms with Crippen LogP contribution < -0.4 is 0 Å². The predicted molar refractivity (Wildman–Crippen MR) is 82.6 cm³/mol. The molecule has 0 aromatic heterocycles. The highest BCUT2D eigenvalue weighted by Gasteiger charge is 2.29. The Kier molecular flexibility index (Phi) is 5.00. The van der Waals surface area contributed by atoms with E-state index in [0.717, 1.165) is 32.3 Å². The number of rotatable bonds is 5. The first kappa shape index (κ1) is 16.0. The smallest absolute Gasteiger partial charge is 0.237 e. The summed E-state index contributed by atoms with van der Waals surface area (Å²) in [6.07, 6.45) is 1.98. The summed E-state index contributed by atoms with van der Waals surface area (Å²) in [6.45, 7) is 2.59. The lowest BCUT2D eigenvalue weighted by Crippen LogP contribution is -2.41. The first-order valence-electron chi connectivity index (χ1n) is 7.05. The highest BCUT2D eigenvalue weighted by Crippen LogP contribution is 2.17. The van der Waals surface area contributed by atoms with Gasteiger partial charge in [0.25, 0.3) is 0 Å². The van der Waals surface area contributed by atoms with Crippen molar-refractivity contribution in [2.75, 3.05) is 32.1 Å². The summed E-state index contributed by atoms with van der Waals surface area (Å²) in [7, 11) is -1.57. The van der Waals surface area contributed by atoms with Gasteiger partial charge in [-0.05, 0) is 12.0 Å². The van der Waals surface area contributed by atoms with E-state index in [4.69, 9.17) is 0 Å². The van der Waals surface area contributed by atoms with Crippen LogP contribution in [0.5, 0.6) is 0 Å². The van der Waals surface area contributed by atoms with Crippen molar-refractivity contribution >= 4 is 15.7 Å². The van der Waals surface area contributed by atoms with Crippen LogP contribution in [-0.2, 0) is 21.2 Å². The Bertz CT molecular complexity index is 586. The minimum atomic E-state index is -3.26. The molecule has 1 aromatic carbocycles. The number of sulfone groups is 1. The Morgan fingerprint density at radius 3 is 2.62 bits per heavy atom. The molecule has 21 heavy (non-hydrogen) atoms. The molecule has 0 N–H and O–H groups in total. The van der Waals surface area contributed by atoms with Gasteiger partial charge >= 0.3 is 0 Å². The van der Waals surface area contributed by atoms with Crippen LogP contribution in [0.1, 0.15) is 12.0 Å². The number of hydrogen-bond donors (Lipinski definition) is 0. The first-order chi connectivity index (χ1) is 9.85. The number of hydrogen-bond acceptors (Lipinski definition) is 4. The topological polar surface area (TPSA) is 57.7 Å². The van der Waals surface area contributed by atoms with Crippen LogP contribution in [0.3, 0.4) is 0 Å². The number of nitrogens with zero attached hydrogens (tertiary/aromatic N) is 2. The molecule has 1 atom stereocenters. The second-order valence-corrected chi connectivity index (χ2v) is 7.88. The summed E-state index contributed by atoms with van der Waals surface area (Å²) < 4.78 is 22.4. The molecule has 1 fully saturated rings. The summed E-state index contributed by atoms with van der Waals surface area (Å²) in [5.41, 5.74) is 1.25. The normalized spacial score (nSPS) is 19.6. The van der Waals surface area contributed by atoms with Gasteiger partial charge in [-0.3, -0.25) is 9.69 Å². The third kappa shape index (κ3) is 4.82. The van der Waals surface area contributed by atoms with Crippen LogP contribution in [0.4, 0.5) is 0 Å². The van der Waals surface area contributed by atoms with Gasteiger partial charge in [0.2, 0.25) is 5.91 Å². The van der Waals surface area contributed by atoms with E-state index in [0.29, 0.717) is 0 Å². The highest BCUT2D eigenvalue weighted by atomic mass is 32.2. The third-order valence-corrected chi connectivity index (χ3v) is 4.59. The zero-order valence-electron chi connectivity index (χ0n) is 12.5. The Morgan fingerprint density at radius 2 is 2.00 bits per heavy atom. The van der Waals surface area contributed by atoms with Gasteiger partial charge in [0.05, 0.1) is 0 Å². The van der Waals surface area contributed by atoms with E-state index in [1.807, 2.05) is 18.2 Å². The number of likely N-dealkylation sites (tertiary alicyclic amines) is 1. The molecule has 0 saturated carbocycles. The molecule has 5 nitrogen and oxygen atoms in total. The summed E-state index contributed by atoms with van der Waals surface area (Å²) in [6, 6.07) is 10.3. The Hall–Kier alpha value is -1.40. The van der Waals surface area contributed by atoms with Crippen LogP contribution in [0, 0.1) is 0 Å². The fraction of sp³-hybridized carbons (Fsp3) is 0.533. The molecule has 1 amide bonds. The number of carbonyl (C=O) groups excluding carboxylic acids is 1. The Balaban J connectivity index is 1.88. The number of amides is 1. The quantitative estimate of drug-likeness (QED) is 0.806. The molecule has 0 spiro atoms. The molecule has 0 aliphatic carbocycles. The maximum absolute atomic E-state index is 11.9. The van der Waals surface area contributed by atoms with E-state index in [1.54, 1.807) is 11.9 Å². The molecule has 1 aromatic rings. The summed E-state index contributed by atoms with van der Waals surface area (Å²) in [4.78, 5) is 15.8. The average molecular weight is 310 g/mol. The van der Waals surface area contributed by atoms with Crippen LogP contribution in [0.2, 0.25) is 0 Å². The summed E-state index contributed by atoms with van der Waals surface area (Å²) >= 11 is 0. The Labute approximate surface area is 126 Å². The lowest BCUT2D eigenvalue weighted by molar-refractivity contribution is -0.129. The molecule has 0 radical (unpaired) electrons. The van der Waals surface area contributed by atoms with Crippen molar-refractivity contribution in [2.24, 2.45) is 0 Å². The lowest BCUT2D eigenvalue weighted by Gasteiger charge is -2.24. The van der Waals surface area contributed by atoms with Gasteiger partial charge in [0.1, 0.15) is 5.75 Å². The highest BCUT2D eigenvalue weighted by molar-refractivity contribution is 7.91. The molecular weight excluding hydrogens is 288 g/mol. The van der Waals surface area contributed by atoms with Crippen LogP contribution in [0.15, 0.2) is 30.3 Å². The van der Waals surface area contributed by atoms with Gasteiger partial charge < -0.3 is 4.90 Å². The fourth-order valence-electron chi connectivity index (χ4n) is 2.64. The molecule has 1 aliphatic rings. The van der Waals surface area contributed by atoms with E-state index in [1.165, 1.54) is 5.56 Å². The lowest BCUT2D eigenvalue weighted by atomic mass is 10.2. The van der Waals surface area contributed by atoms with Crippen molar-refractivity contribution in [2.45, 2.75) is 19.0 Å². The standard InChI is InChI=1S/C15H22N2O3S/c1-16(15(18)12-21(2,19)20)14-8-9-17(11-14)10-13-6-4-3-5-7-13/h3-7,14H,8-12H2,1-2H3. The average Bonchev–Trinajstić information content (AvgIpc) is 2.85. The van der Waals surface area contributed by atoms with Crippen LogP contribution in [-0.4, -0.2) is 62.3 Å². The first-order valence-corrected chi connectivity index (χ1v) is 9.11. The van der Waals surface area contributed by atoms with Crippen molar-refractivity contribution in [1.82, 2.24) is 9.80 Å². The molecule has 1 unspecified atom stereocenters. The maximum atomic E-state index is 11.9. The van der Waals surface area contributed by atoms with E-state index >= 15 is 0 Å². The monoisotopic (exact) mass is 310 g/mol. The molecule has 2 rings (SSSR count). The van der Waals surface area contributed by atoms with E-state index < -0.39 is 15.6 Å². The molecule has 1 aliphatic heterocycles. The molecule has 0 bridgehead atoms. The van der Waals surface area contributed by atoms with Crippen LogP contribution >= 0.6 is 0 Å². The van der Waals surface area contributed by atoms with Gasteiger partial charge in [-0.15, -0.1) is 0 Å². The maximum Gasteiger partial charge on any atom is 0.237 e. The van der Waals surface area contributed by atoms with Gasteiger partial charge in [-0.2, -0.15) is 0 Å². The number of carbonyl (C=O) groups is 1. The molecule has 116 valence electrons. The minimum absolute atomic E-state index is 0.1000. The number of benzene rings is 1. The molecular formula is C15H22N2O3S. The van der Waals surface area contributed by atoms with Gasteiger partial charge in [0.15, 0.2) is 9.84 Å². The van der Waals surface area contributed by atoms with E-state index in [9.17, 15) is 13.2 Å². The van der Waals surface area contributed by atoms with Crippen LogP contribution in [0.25, 0.3) is 0 Å². The fourth-order valence-corrected chi connectivity index (χ4v) is 3.30. The van der Waals surface area contributed by atoms with Crippen molar-refractivity contribution in [1.29, 1.82) is 0 Å². The van der Waals surface area contributed by atoms with Crippen molar-refractivity contribution in [3.05, 3.63) is 35.9 Å². The number of likely N-dealkylation sites (N-methyl/N-ethyl adjacent to an activating group) is 1. The third-order valence-electron chi connectivity index (χ3n) is 3.82.